The Morgan fingerprint density at radius 1 is 0.609 bits per heavy atom. The van der Waals surface area contributed by atoms with Crippen LogP contribution in [0.3, 0.4) is 0 Å². The number of hydrogen-bond acceptors (Lipinski definition) is 15. The molecule has 10 rings (SSSR count). The number of hydrogen-bond donors (Lipinski definition) is 5. The number of nitrogens with two attached hydrogens (primary N) is 1. The summed E-state index contributed by atoms with van der Waals surface area (Å²) >= 11 is 10.1. The van der Waals surface area contributed by atoms with Crippen molar-refractivity contribution in [3.63, 3.8) is 0 Å². The number of carbonyl (C=O) groups is 2. The number of thiazole rings is 2. The van der Waals surface area contributed by atoms with Crippen molar-refractivity contribution in [2.75, 3.05) is 43.7 Å². The van der Waals surface area contributed by atoms with Gasteiger partial charge in [-0.3, -0.25) is 28.7 Å². The van der Waals surface area contributed by atoms with Gasteiger partial charge in [0.05, 0.1) is 41.2 Å². The Balaban J connectivity index is 0.000000339. The Hall–Kier alpha value is -9.44. The smallest absolute Gasteiger partial charge is 0.276 e. The number of aromatic amines is 1. The second kappa shape index (κ2) is 44.1. The van der Waals surface area contributed by atoms with Crippen LogP contribution in [-0.4, -0.2) is 99.2 Å². The minimum atomic E-state index is -0.173. The van der Waals surface area contributed by atoms with Gasteiger partial charge in [0.2, 0.25) is 5.78 Å². The SMILES string of the molecule is CCc1ccccc1.CCc1ccccc1.CCc1ccccc1.CCc1ccccc1.CNC(N)=S.CNc1nc(-c2cn[nH]c2)c(C#N)s1.CNc1nc(-c2cnn(C)c2)c(C#N)s1.Cn1cc(C(=O)CBr)cn1.[C-]#[N+]CC(=O)c1cnn(C)c1. The van der Waals surface area contributed by atoms with E-state index in [1.54, 1.807) is 81.8 Å². The summed E-state index contributed by atoms with van der Waals surface area (Å²) in [5.74, 6) is -0.110. The third-order valence-corrected chi connectivity index (χ3v) is 14.0. The molecule has 19 nitrogen and oxygen atoms in total. The van der Waals surface area contributed by atoms with E-state index in [2.05, 4.69) is 221 Å². The largest absolute Gasteiger partial charge is 0.376 e. The Morgan fingerprint density at radius 3 is 1.22 bits per heavy atom. The van der Waals surface area contributed by atoms with Gasteiger partial charge < -0.3 is 26.5 Å². The molecule has 87 heavy (non-hydrogen) atoms. The fourth-order valence-electron chi connectivity index (χ4n) is 6.55. The summed E-state index contributed by atoms with van der Waals surface area (Å²) < 4.78 is 4.84. The van der Waals surface area contributed by atoms with Gasteiger partial charge in [-0.05, 0) is 60.2 Å². The number of nitrogens with one attached hydrogen (secondary N) is 4. The van der Waals surface area contributed by atoms with E-state index in [4.69, 9.17) is 22.8 Å². The number of aryl methyl sites for hydroxylation is 7. The van der Waals surface area contributed by atoms with Crippen LogP contribution in [0.25, 0.3) is 27.4 Å². The molecule has 23 heteroatoms. The number of thiocarbonyl (C=S) groups is 1. The molecule has 0 saturated carbocycles. The highest BCUT2D eigenvalue weighted by molar-refractivity contribution is 9.09. The van der Waals surface area contributed by atoms with E-state index in [-0.39, 0.29) is 18.1 Å². The van der Waals surface area contributed by atoms with Crippen LogP contribution in [0, 0.1) is 29.2 Å². The summed E-state index contributed by atoms with van der Waals surface area (Å²) in [5.41, 5.74) is 14.8. The van der Waals surface area contributed by atoms with E-state index in [0.29, 0.717) is 42.7 Å². The normalized spacial score (nSPS) is 9.29. The number of alkyl halides is 1. The minimum Gasteiger partial charge on any atom is -0.376 e. The van der Waals surface area contributed by atoms with Crippen molar-refractivity contribution in [1.29, 1.82) is 10.5 Å². The first-order valence-corrected chi connectivity index (χ1v) is 30.4. The zero-order valence-electron chi connectivity index (χ0n) is 50.8. The molecule has 0 unspecified atom stereocenters. The van der Waals surface area contributed by atoms with E-state index < -0.39 is 0 Å². The van der Waals surface area contributed by atoms with E-state index in [0.717, 1.165) is 47.1 Å². The molecule has 0 spiro atoms. The fraction of sp³-hybridized carbons (Fsp3) is 0.250. The third-order valence-electron chi connectivity index (χ3n) is 11.3. The lowest BCUT2D eigenvalue weighted by Gasteiger charge is -1.89. The third kappa shape index (κ3) is 29.8. The van der Waals surface area contributed by atoms with Crippen molar-refractivity contribution in [2.24, 2.45) is 26.9 Å². The average molecular weight is 1290 g/mol. The number of aromatic nitrogens is 10. The number of nitriles is 2. The zero-order chi connectivity index (χ0) is 64.2. The maximum Gasteiger partial charge on any atom is 0.276 e. The van der Waals surface area contributed by atoms with Crippen molar-refractivity contribution in [3.05, 3.63) is 225 Å². The van der Waals surface area contributed by atoms with Gasteiger partial charge in [-0.1, -0.05) is 188 Å². The number of ketones is 2. The molecule has 0 atom stereocenters. The number of benzene rings is 4. The number of anilines is 2. The summed E-state index contributed by atoms with van der Waals surface area (Å²) in [7, 11) is 10.6. The van der Waals surface area contributed by atoms with Gasteiger partial charge in [0, 0.05) is 78.2 Å². The second-order valence-corrected chi connectivity index (χ2v) is 20.6. The molecular formula is C64H76BrN17O2S3. The molecule has 454 valence electrons. The maximum atomic E-state index is 11.0. The molecule has 0 fully saturated rings. The molecule has 0 aliphatic heterocycles. The highest BCUT2D eigenvalue weighted by atomic mass is 79.9. The number of carbonyl (C=O) groups excluding carboxylic acids is 2. The fourth-order valence-corrected chi connectivity index (χ4v) is 8.35. The van der Waals surface area contributed by atoms with Crippen molar-refractivity contribution in [2.45, 2.75) is 53.4 Å². The molecule has 0 bridgehead atoms. The van der Waals surface area contributed by atoms with Crippen LogP contribution in [0.1, 0.15) is 80.4 Å². The number of nitrogens with zero attached hydrogens (tertiary/aromatic N) is 12. The molecule has 4 aromatic carbocycles. The number of Topliss-reactive ketones (excluding diaryl/α,β-unsaturated/α-hetero) is 2. The number of H-pyrrole nitrogens is 1. The molecule has 0 radical (unpaired) electrons. The summed E-state index contributed by atoms with van der Waals surface area (Å²) in [4.78, 5) is 34.7. The van der Waals surface area contributed by atoms with Crippen LogP contribution in [0.15, 0.2) is 171 Å². The molecule has 6 aromatic heterocycles. The Labute approximate surface area is 533 Å². The highest BCUT2D eigenvalue weighted by Crippen LogP contribution is 2.30. The van der Waals surface area contributed by atoms with Crippen molar-refractivity contribution >= 4 is 77.8 Å². The van der Waals surface area contributed by atoms with Gasteiger partial charge in [-0.15, -0.1) is 0 Å². The predicted molar refractivity (Wildman–Crippen MR) is 362 cm³/mol. The van der Waals surface area contributed by atoms with E-state index in [1.807, 2.05) is 37.5 Å². The summed E-state index contributed by atoms with van der Waals surface area (Å²) in [6.45, 7) is 15.0. The first kappa shape index (κ1) is 73.7. The predicted octanol–water partition coefficient (Wildman–Crippen LogP) is 12.9. The lowest BCUT2D eigenvalue weighted by atomic mass is 10.2. The monoisotopic (exact) mass is 1290 g/mol. The lowest BCUT2D eigenvalue weighted by molar-refractivity contribution is 0.100. The van der Waals surface area contributed by atoms with Gasteiger partial charge in [0.1, 0.15) is 33.3 Å². The van der Waals surface area contributed by atoms with Crippen molar-refractivity contribution in [1.82, 2.24) is 54.8 Å². The van der Waals surface area contributed by atoms with Crippen molar-refractivity contribution in [3.8, 4) is 34.7 Å². The maximum absolute atomic E-state index is 11.0. The Bertz CT molecular complexity index is 3440. The molecule has 10 aromatic rings. The Kier molecular flexibility index (Phi) is 37.3. The summed E-state index contributed by atoms with van der Waals surface area (Å²) in [6.07, 6.45) is 17.8. The first-order chi connectivity index (χ1) is 42.1. The summed E-state index contributed by atoms with van der Waals surface area (Å²) in [5, 5.41) is 46.6. The highest BCUT2D eigenvalue weighted by Gasteiger charge is 2.14. The Morgan fingerprint density at radius 2 is 0.966 bits per heavy atom. The quantitative estimate of drug-likeness (QED) is 0.0330. The van der Waals surface area contributed by atoms with E-state index in [1.165, 1.54) is 55.8 Å². The molecule has 6 heterocycles. The van der Waals surface area contributed by atoms with Crippen LogP contribution in [-0.2, 0) is 46.8 Å². The van der Waals surface area contributed by atoms with Crippen molar-refractivity contribution < 1.29 is 9.59 Å². The minimum absolute atomic E-state index is 0.0631. The molecular weight excluding hydrogens is 1210 g/mol. The molecule has 0 saturated heterocycles. The van der Waals surface area contributed by atoms with Crippen LogP contribution in [0.2, 0.25) is 0 Å². The molecule has 6 N–H and O–H groups in total. The zero-order valence-corrected chi connectivity index (χ0v) is 54.8. The van der Waals surface area contributed by atoms with Gasteiger partial charge in [0.25, 0.3) is 6.54 Å². The molecule has 0 amide bonds. The standard InChI is InChI=1S/C9H9N5S.C8H7N5S.4C8H10.C7H7N3O.C6H7BrN2O.C2H6N2S/c1-11-9-13-8(7(3-10)15-9)6-4-12-14(2)5-6;1-10-8-13-7(6(2-9)14-8)5-3-11-12-4-5;4*1-2-8-6-4-3-5-7-8;1-8-4-7(11)6-3-9-10(2)5-6;1-9-4-5(3-8-9)6(10)2-7;1-4-2(3)5/h4-5H,1-2H3,(H,11,13);3-4H,1H3,(H,10,13)(H,11,12);4*3-7H,2H2,1H3;3,5H,4H2,2H3;3-4H,2H2,1H3;1H3,(H3,3,4,5). The van der Waals surface area contributed by atoms with Crippen LogP contribution < -0.4 is 21.7 Å². The van der Waals surface area contributed by atoms with Gasteiger partial charge in [-0.25, -0.2) is 16.5 Å². The number of rotatable bonds is 12. The number of halogens is 1. The van der Waals surface area contributed by atoms with E-state index >= 15 is 0 Å². The molecule has 0 aliphatic rings. The molecule has 0 aliphatic carbocycles. The average Bonchev–Trinajstić information content (AvgIpc) is 3.57. The van der Waals surface area contributed by atoms with Crippen LogP contribution in [0.5, 0.6) is 0 Å². The van der Waals surface area contributed by atoms with Gasteiger partial charge >= 0.3 is 0 Å². The van der Waals surface area contributed by atoms with E-state index in [9.17, 15) is 9.59 Å². The first-order valence-electron chi connectivity index (χ1n) is 27.3. The van der Waals surface area contributed by atoms with Gasteiger partial charge in [-0.2, -0.15) is 30.9 Å². The van der Waals surface area contributed by atoms with Gasteiger partial charge in [0.15, 0.2) is 21.2 Å². The second-order valence-electron chi connectivity index (χ2n) is 17.6. The lowest BCUT2D eigenvalue weighted by Crippen LogP contribution is -2.24. The van der Waals surface area contributed by atoms with Crippen LogP contribution >= 0.6 is 50.8 Å². The van der Waals surface area contributed by atoms with Crippen LogP contribution in [0.4, 0.5) is 10.3 Å². The summed E-state index contributed by atoms with van der Waals surface area (Å²) in [6, 6.07) is 46.1. The topological polar surface area (TPSA) is 256 Å².